The molecule has 0 saturated heterocycles. The molecular weight excluding hydrogens is 598 g/mol. The first-order chi connectivity index (χ1) is 20.2. The fourth-order valence-corrected chi connectivity index (χ4v) is 7.37. The minimum absolute atomic E-state index is 0.196. The predicted molar refractivity (Wildman–Crippen MR) is 164 cm³/mol. The van der Waals surface area contributed by atoms with E-state index in [1.807, 2.05) is 24.3 Å². The third-order valence-electron chi connectivity index (χ3n) is 6.59. The fourth-order valence-electron chi connectivity index (χ4n) is 4.59. The Morgan fingerprint density at radius 2 is 1.88 bits per heavy atom. The standard InChI is InChI=1S/C30H26ClN3O6S2/c1-3-39-29(37)23-19-12-11-16(2)13-22(19)42-28(23)33-26(35)27(36)34-32-15-17-7-6-8-18(14-17)40-30(38)25-24(31)20-9-4-5-10-21(20)41-25/h4-10,14-16H,3,11-13H2,1-2H3,(H,33,35)(H,34,36)/b32-15-/t16-/m1/s1. The van der Waals surface area contributed by atoms with Gasteiger partial charge in [0.25, 0.3) is 0 Å². The van der Waals surface area contributed by atoms with Gasteiger partial charge in [0.2, 0.25) is 0 Å². The molecule has 2 aromatic heterocycles. The first kappa shape index (κ1) is 29.4. The van der Waals surface area contributed by atoms with Gasteiger partial charge in [-0.1, -0.05) is 48.9 Å². The highest BCUT2D eigenvalue weighted by molar-refractivity contribution is 7.21. The van der Waals surface area contributed by atoms with Gasteiger partial charge in [0.05, 0.1) is 23.4 Å². The number of thiophene rings is 2. The van der Waals surface area contributed by atoms with Crippen LogP contribution in [0.2, 0.25) is 5.02 Å². The Hall–Kier alpha value is -4.06. The van der Waals surface area contributed by atoms with Crippen LogP contribution in [0, 0.1) is 5.92 Å². The smallest absolute Gasteiger partial charge is 0.355 e. The van der Waals surface area contributed by atoms with Crippen molar-refractivity contribution in [2.75, 3.05) is 11.9 Å². The fraction of sp³-hybridized carbons (Fsp3) is 0.233. The van der Waals surface area contributed by atoms with Gasteiger partial charge in [0.15, 0.2) is 0 Å². The summed E-state index contributed by atoms with van der Waals surface area (Å²) < 4.78 is 11.6. The SMILES string of the molecule is CCOC(=O)c1c(NC(=O)C(=O)N/N=C\c2cccc(OC(=O)c3sc4ccccc4c3Cl)c2)sc2c1CC[C@@H](C)C2. The van der Waals surface area contributed by atoms with E-state index in [4.69, 9.17) is 21.1 Å². The summed E-state index contributed by atoms with van der Waals surface area (Å²) in [5.74, 6) is -2.37. The van der Waals surface area contributed by atoms with Crippen molar-refractivity contribution in [1.82, 2.24) is 5.43 Å². The van der Waals surface area contributed by atoms with Gasteiger partial charge in [-0.25, -0.2) is 15.0 Å². The van der Waals surface area contributed by atoms with Crippen LogP contribution in [0.3, 0.4) is 0 Å². The third-order valence-corrected chi connectivity index (χ3v) is 9.42. The Morgan fingerprint density at radius 3 is 2.67 bits per heavy atom. The maximum atomic E-state index is 12.8. The van der Waals surface area contributed by atoms with Gasteiger partial charge in [-0.05, 0) is 61.4 Å². The van der Waals surface area contributed by atoms with Gasteiger partial charge in [-0.2, -0.15) is 5.10 Å². The number of hydrazone groups is 1. The molecule has 0 fully saturated rings. The number of amides is 2. The molecule has 0 aliphatic heterocycles. The van der Waals surface area contributed by atoms with E-state index in [1.165, 1.54) is 28.9 Å². The minimum atomic E-state index is -1.01. The number of halogens is 1. The summed E-state index contributed by atoms with van der Waals surface area (Å²) >= 11 is 8.93. The summed E-state index contributed by atoms with van der Waals surface area (Å²) in [6, 6.07) is 13.9. The maximum Gasteiger partial charge on any atom is 0.355 e. The first-order valence-electron chi connectivity index (χ1n) is 13.2. The Kier molecular flexibility index (Phi) is 9.00. The van der Waals surface area contributed by atoms with E-state index in [1.54, 1.807) is 31.2 Å². The van der Waals surface area contributed by atoms with Crippen LogP contribution in [0.5, 0.6) is 5.75 Å². The second-order valence-electron chi connectivity index (χ2n) is 9.63. The molecule has 0 radical (unpaired) electrons. The average Bonchev–Trinajstić information content (AvgIpc) is 3.50. The van der Waals surface area contributed by atoms with Gasteiger partial charge >= 0.3 is 23.8 Å². The Bertz CT molecular complexity index is 1730. The summed E-state index contributed by atoms with van der Waals surface area (Å²) in [4.78, 5) is 51.9. The molecular formula is C30H26ClN3O6S2. The van der Waals surface area contributed by atoms with Crippen LogP contribution in [0.25, 0.3) is 10.1 Å². The zero-order chi connectivity index (χ0) is 29.8. The molecule has 1 aliphatic carbocycles. The summed E-state index contributed by atoms with van der Waals surface area (Å²) in [5.41, 5.74) is 3.88. The van der Waals surface area contributed by atoms with Crippen molar-refractivity contribution in [1.29, 1.82) is 0 Å². The van der Waals surface area contributed by atoms with Crippen LogP contribution in [-0.4, -0.2) is 36.6 Å². The molecule has 1 atom stereocenters. The number of rotatable bonds is 7. The number of carbonyl (C=O) groups is 4. The average molecular weight is 624 g/mol. The molecule has 2 N–H and O–H groups in total. The summed E-state index contributed by atoms with van der Waals surface area (Å²) in [6.07, 6.45) is 3.74. The topological polar surface area (TPSA) is 123 Å². The maximum absolute atomic E-state index is 12.8. The van der Waals surface area contributed by atoms with Crippen molar-refractivity contribution in [3.63, 3.8) is 0 Å². The second kappa shape index (κ2) is 12.8. The van der Waals surface area contributed by atoms with Crippen LogP contribution in [0.15, 0.2) is 53.6 Å². The molecule has 2 aromatic carbocycles. The molecule has 2 amide bonds. The molecule has 1 aliphatic rings. The third kappa shape index (κ3) is 6.38. The Morgan fingerprint density at radius 1 is 1.07 bits per heavy atom. The van der Waals surface area contributed by atoms with Gasteiger partial charge in [-0.3, -0.25) is 9.59 Å². The van der Waals surface area contributed by atoms with E-state index >= 15 is 0 Å². The molecule has 12 heteroatoms. The van der Waals surface area contributed by atoms with Gasteiger partial charge in [0.1, 0.15) is 15.6 Å². The lowest BCUT2D eigenvalue weighted by Gasteiger charge is -2.18. The Labute approximate surface area is 254 Å². The first-order valence-corrected chi connectivity index (χ1v) is 15.2. The van der Waals surface area contributed by atoms with Crippen molar-refractivity contribution >= 4 is 79.3 Å². The molecule has 216 valence electrons. The molecule has 4 aromatic rings. The number of nitrogens with zero attached hydrogens (tertiary/aromatic N) is 1. The number of hydrogen-bond donors (Lipinski definition) is 2. The summed E-state index contributed by atoms with van der Waals surface area (Å²) in [5, 5.41) is 7.83. The number of ether oxygens (including phenoxy) is 2. The van der Waals surface area contributed by atoms with E-state index in [2.05, 4.69) is 22.8 Å². The minimum Gasteiger partial charge on any atom is -0.462 e. The highest BCUT2D eigenvalue weighted by Crippen LogP contribution is 2.40. The normalized spacial score (nSPS) is 14.4. The zero-order valence-corrected chi connectivity index (χ0v) is 25.1. The number of benzene rings is 2. The van der Waals surface area contributed by atoms with Gasteiger partial charge in [0, 0.05) is 15.0 Å². The molecule has 9 nitrogen and oxygen atoms in total. The molecule has 5 rings (SSSR count). The molecule has 2 heterocycles. The van der Waals surface area contributed by atoms with Gasteiger partial charge < -0.3 is 14.8 Å². The lowest BCUT2D eigenvalue weighted by molar-refractivity contribution is -0.136. The number of fused-ring (bicyclic) bond motifs is 2. The Balaban J connectivity index is 1.22. The number of hydrogen-bond acceptors (Lipinski definition) is 9. The number of esters is 2. The van der Waals surface area contributed by atoms with E-state index < -0.39 is 23.8 Å². The number of carbonyl (C=O) groups excluding carboxylic acids is 4. The van der Waals surface area contributed by atoms with E-state index in [-0.39, 0.29) is 12.4 Å². The highest BCUT2D eigenvalue weighted by atomic mass is 35.5. The molecule has 0 bridgehead atoms. The zero-order valence-electron chi connectivity index (χ0n) is 22.7. The lowest BCUT2D eigenvalue weighted by atomic mass is 9.88. The van der Waals surface area contributed by atoms with E-state index in [9.17, 15) is 19.2 Å². The number of anilines is 1. The van der Waals surface area contributed by atoms with Crippen LogP contribution in [0.4, 0.5) is 5.00 Å². The van der Waals surface area contributed by atoms with Crippen LogP contribution in [0.1, 0.15) is 56.3 Å². The van der Waals surface area contributed by atoms with Crippen molar-refractivity contribution in [3.05, 3.63) is 80.0 Å². The highest BCUT2D eigenvalue weighted by Gasteiger charge is 2.30. The molecule has 0 unspecified atom stereocenters. The van der Waals surface area contributed by atoms with E-state index in [0.29, 0.717) is 38.4 Å². The number of nitrogens with one attached hydrogen (secondary N) is 2. The lowest BCUT2D eigenvalue weighted by Crippen LogP contribution is -2.32. The summed E-state index contributed by atoms with van der Waals surface area (Å²) in [6.45, 7) is 4.04. The van der Waals surface area contributed by atoms with Gasteiger partial charge in [-0.15, -0.1) is 22.7 Å². The second-order valence-corrected chi connectivity index (χ2v) is 12.2. The predicted octanol–water partition coefficient (Wildman–Crippen LogP) is 6.23. The van der Waals surface area contributed by atoms with E-state index in [0.717, 1.165) is 33.4 Å². The van der Waals surface area contributed by atoms with Crippen molar-refractivity contribution in [3.8, 4) is 5.75 Å². The quantitative estimate of drug-likeness (QED) is 0.0828. The van der Waals surface area contributed by atoms with Crippen molar-refractivity contribution < 1.29 is 28.7 Å². The van der Waals surface area contributed by atoms with Crippen molar-refractivity contribution in [2.24, 2.45) is 11.0 Å². The largest absolute Gasteiger partial charge is 0.462 e. The van der Waals surface area contributed by atoms with Crippen LogP contribution < -0.4 is 15.5 Å². The van der Waals surface area contributed by atoms with Crippen molar-refractivity contribution in [2.45, 2.75) is 33.1 Å². The van der Waals surface area contributed by atoms with Crippen LogP contribution >= 0.6 is 34.3 Å². The molecule has 0 spiro atoms. The van der Waals surface area contributed by atoms with Crippen LogP contribution in [-0.2, 0) is 27.2 Å². The summed E-state index contributed by atoms with van der Waals surface area (Å²) in [7, 11) is 0. The monoisotopic (exact) mass is 623 g/mol. The molecule has 42 heavy (non-hydrogen) atoms. The molecule has 0 saturated carbocycles.